The maximum atomic E-state index is 12.6. The van der Waals surface area contributed by atoms with Gasteiger partial charge in [-0.2, -0.15) is 5.10 Å². The Kier molecular flexibility index (Phi) is 4.99. The number of hydrazone groups is 1. The summed E-state index contributed by atoms with van der Waals surface area (Å²) in [5.74, 6) is -0.763. The number of hydrogen-bond donors (Lipinski definition) is 1. The van der Waals surface area contributed by atoms with Gasteiger partial charge in [0.2, 0.25) is 0 Å². The molecule has 28 heavy (non-hydrogen) atoms. The van der Waals surface area contributed by atoms with Gasteiger partial charge in [-0.05, 0) is 43.6 Å². The van der Waals surface area contributed by atoms with Gasteiger partial charge in [0.05, 0.1) is 17.1 Å². The molecule has 0 spiro atoms. The molecular weight excluding hydrogens is 362 g/mol. The van der Waals surface area contributed by atoms with Gasteiger partial charge in [0.1, 0.15) is 0 Å². The van der Waals surface area contributed by atoms with Crippen LogP contribution in [-0.4, -0.2) is 29.1 Å². The molecule has 150 valence electrons. The van der Waals surface area contributed by atoms with Crippen molar-refractivity contribution in [1.29, 1.82) is 0 Å². The molecule has 8 nitrogen and oxygen atoms in total. The molecule has 0 saturated heterocycles. The Morgan fingerprint density at radius 2 is 1.96 bits per heavy atom. The second-order valence-electron chi connectivity index (χ2n) is 8.24. The Morgan fingerprint density at radius 1 is 1.29 bits per heavy atom. The Balaban J connectivity index is 1.85. The molecule has 1 aromatic rings. The topological polar surface area (TPSA) is 111 Å². The Hall–Kier alpha value is -2.77. The molecule has 2 fully saturated rings. The molecule has 0 heterocycles. The molecule has 2 aliphatic carbocycles. The van der Waals surface area contributed by atoms with Crippen LogP contribution in [0.25, 0.3) is 0 Å². The molecule has 1 amide bonds. The lowest BCUT2D eigenvalue weighted by atomic mass is 9.70. The number of nitrogens with one attached hydrogen (secondary N) is 1. The molecular formula is C20H25N3O5. The van der Waals surface area contributed by atoms with Gasteiger partial charge in [0, 0.05) is 28.8 Å². The first-order chi connectivity index (χ1) is 13.1. The predicted molar refractivity (Wildman–Crippen MR) is 103 cm³/mol. The SMILES string of the molecule is CCOC(=O)c1cc(C(=O)N/N=C2/C[C@@H]3CC[C@]2(C)C3(C)C)cc([N+](=O)[O-])c1. The molecule has 1 N–H and O–H groups in total. The van der Waals surface area contributed by atoms with E-state index in [1.807, 2.05) is 0 Å². The van der Waals surface area contributed by atoms with Gasteiger partial charge in [0.25, 0.3) is 11.6 Å². The summed E-state index contributed by atoms with van der Waals surface area (Å²) in [5, 5.41) is 15.5. The first-order valence-corrected chi connectivity index (χ1v) is 9.44. The fraction of sp³-hybridized carbons (Fsp3) is 0.550. The van der Waals surface area contributed by atoms with Crippen molar-refractivity contribution in [3.8, 4) is 0 Å². The zero-order chi connectivity index (χ0) is 20.7. The number of benzene rings is 1. The summed E-state index contributed by atoms with van der Waals surface area (Å²) in [5.41, 5.74) is 3.15. The molecule has 2 atom stereocenters. The number of amides is 1. The van der Waals surface area contributed by atoms with Crippen molar-refractivity contribution in [2.45, 2.75) is 47.0 Å². The summed E-state index contributed by atoms with van der Waals surface area (Å²) in [4.78, 5) is 35.1. The molecule has 0 aliphatic heterocycles. The summed E-state index contributed by atoms with van der Waals surface area (Å²) < 4.78 is 4.89. The van der Waals surface area contributed by atoms with Crippen LogP contribution in [0.15, 0.2) is 23.3 Å². The van der Waals surface area contributed by atoms with Gasteiger partial charge >= 0.3 is 5.97 Å². The Labute approximate surface area is 163 Å². The summed E-state index contributed by atoms with van der Waals surface area (Å²) in [6.45, 7) is 8.42. The van der Waals surface area contributed by atoms with E-state index in [-0.39, 0.29) is 34.3 Å². The molecule has 8 heteroatoms. The van der Waals surface area contributed by atoms with Crippen LogP contribution < -0.4 is 5.43 Å². The second kappa shape index (κ2) is 7.00. The highest BCUT2D eigenvalue weighted by Gasteiger charge is 2.60. The minimum absolute atomic E-state index is 0.00540. The standard InChI is InChI=1S/C20H25N3O5/c1-5-28-18(25)13-8-12(9-15(10-13)23(26)27)17(24)22-21-16-11-14-6-7-20(16,4)19(14,2)3/h8-10,14H,5-7,11H2,1-4H3,(H,22,24)/b21-16-/t14-,20-/m0/s1. The largest absolute Gasteiger partial charge is 0.462 e. The Bertz CT molecular complexity index is 877. The van der Waals surface area contributed by atoms with Crippen LogP contribution >= 0.6 is 0 Å². The number of nitrogens with zero attached hydrogens (tertiary/aromatic N) is 2. The predicted octanol–water partition coefficient (Wildman–Crippen LogP) is 3.70. The van der Waals surface area contributed by atoms with Gasteiger partial charge in [-0.15, -0.1) is 0 Å². The van der Waals surface area contributed by atoms with E-state index in [1.54, 1.807) is 6.92 Å². The highest BCUT2D eigenvalue weighted by Crippen LogP contribution is 2.63. The number of ether oxygens (including phenoxy) is 1. The van der Waals surface area contributed by atoms with Crippen LogP contribution in [-0.2, 0) is 4.74 Å². The molecule has 0 radical (unpaired) electrons. The van der Waals surface area contributed by atoms with Crippen molar-refractivity contribution in [2.24, 2.45) is 21.8 Å². The minimum Gasteiger partial charge on any atom is -0.462 e. The third kappa shape index (κ3) is 3.16. The average Bonchev–Trinajstić information content (AvgIpc) is 2.99. The zero-order valence-electron chi connectivity index (χ0n) is 16.6. The first-order valence-electron chi connectivity index (χ1n) is 9.44. The summed E-state index contributed by atoms with van der Waals surface area (Å²) in [6.07, 6.45) is 3.03. The fourth-order valence-electron chi connectivity index (χ4n) is 4.46. The van der Waals surface area contributed by atoms with E-state index in [0.29, 0.717) is 5.92 Å². The number of esters is 1. The highest BCUT2D eigenvalue weighted by atomic mass is 16.6. The number of fused-ring (bicyclic) bond motifs is 2. The van der Waals surface area contributed by atoms with E-state index in [0.717, 1.165) is 37.1 Å². The lowest BCUT2D eigenvalue weighted by Crippen LogP contribution is -2.34. The van der Waals surface area contributed by atoms with Crippen LogP contribution in [0.5, 0.6) is 0 Å². The van der Waals surface area contributed by atoms with Crippen molar-refractivity contribution >= 4 is 23.3 Å². The third-order valence-electron chi connectivity index (χ3n) is 6.71. The van der Waals surface area contributed by atoms with E-state index in [1.165, 1.54) is 6.07 Å². The molecule has 1 aromatic carbocycles. The number of nitro benzene ring substituents is 1. The van der Waals surface area contributed by atoms with Crippen molar-refractivity contribution in [1.82, 2.24) is 5.43 Å². The number of rotatable bonds is 5. The second-order valence-corrected chi connectivity index (χ2v) is 8.24. The van der Waals surface area contributed by atoms with Gasteiger partial charge < -0.3 is 4.74 Å². The van der Waals surface area contributed by atoms with E-state index in [4.69, 9.17) is 4.74 Å². The average molecular weight is 387 g/mol. The summed E-state index contributed by atoms with van der Waals surface area (Å²) in [6, 6.07) is 3.51. The van der Waals surface area contributed by atoms with Crippen molar-refractivity contribution in [2.75, 3.05) is 6.61 Å². The van der Waals surface area contributed by atoms with Gasteiger partial charge in [0.15, 0.2) is 0 Å². The van der Waals surface area contributed by atoms with Crippen molar-refractivity contribution in [3.05, 3.63) is 39.4 Å². The van der Waals surface area contributed by atoms with Crippen LogP contribution in [0.2, 0.25) is 0 Å². The van der Waals surface area contributed by atoms with Gasteiger partial charge in [-0.25, -0.2) is 10.2 Å². The third-order valence-corrected chi connectivity index (χ3v) is 6.71. The molecule has 0 unspecified atom stereocenters. The number of carbonyl (C=O) groups is 2. The molecule has 2 bridgehead atoms. The fourth-order valence-corrected chi connectivity index (χ4v) is 4.46. The van der Waals surface area contributed by atoms with Crippen LogP contribution in [0, 0.1) is 26.9 Å². The van der Waals surface area contributed by atoms with E-state index in [9.17, 15) is 19.7 Å². The van der Waals surface area contributed by atoms with Crippen LogP contribution in [0.4, 0.5) is 5.69 Å². The van der Waals surface area contributed by atoms with Crippen molar-refractivity contribution < 1.29 is 19.2 Å². The van der Waals surface area contributed by atoms with E-state index in [2.05, 4.69) is 31.3 Å². The van der Waals surface area contributed by atoms with Gasteiger partial charge in [-0.1, -0.05) is 20.8 Å². The first kappa shape index (κ1) is 20.0. The smallest absolute Gasteiger partial charge is 0.338 e. The number of non-ortho nitro benzene ring substituents is 1. The summed E-state index contributed by atoms with van der Waals surface area (Å²) >= 11 is 0. The maximum absolute atomic E-state index is 12.6. The number of hydrogen-bond acceptors (Lipinski definition) is 6. The van der Waals surface area contributed by atoms with E-state index < -0.39 is 16.8 Å². The normalized spacial score (nSPS) is 26.3. The lowest BCUT2D eigenvalue weighted by Gasteiger charge is -2.34. The molecule has 3 rings (SSSR count). The minimum atomic E-state index is -0.714. The zero-order valence-corrected chi connectivity index (χ0v) is 16.6. The molecule has 2 aliphatic rings. The monoisotopic (exact) mass is 387 g/mol. The van der Waals surface area contributed by atoms with Crippen molar-refractivity contribution in [3.63, 3.8) is 0 Å². The quantitative estimate of drug-likeness (QED) is 0.470. The number of nitro groups is 1. The molecule has 0 aromatic heterocycles. The van der Waals surface area contributed by atoms with Crippen LogP contribution in [0.3, 0.4) is 0 Å². The Morgan fingerprint density at radius 3 is 2.50 bits per heavy atom. The number of carbonyl (C=O) groups excluding carboxylic acids is 2. The summed E-state index contributed by atoms with van der Waals surface area (Å²) in [7, 11) is 0. The molecule has 2 saturated carbocycles. The van der Waals surface area contributed by atoms with E-state index >= 15 is 0 Å². The van der Waals surface area contributed by atoms with Gasteiger partial charge in [-0.3, -0.25) is 14.9 Å². The highest BCUT2D eigenvalue weighted by molar-refractivity contribution is 6.00. The maximum Gasteiger partial charge on any atom is 0.338 e. The van der Waals surface area contributed by atoms with Crippen LogP contribution in [0.1, 0.15) is 67.7 Å². The lowest BCUT2D eigenvalue weighted by molar-refractivity contribution is -0.384.